The number of hydrogen-bond donors (Lipinski definition) is 1. The molecule has 0 aromatic carbocycles. The maximum absolute atomic E-state index is 12.1. The fraction of sp³-hybridized carbons (Fsp3) is 0.438. The molecule has 0 saturated carbocycles. The van der Waals surface area contributed by atoms with Gasteiger partial charge in [-0.3, -0.25) is 4.79 Å². The first-order valence-corrected chi connectivity index (χ1v) is 8.37. The highest BCUT2D eigenvalue weighted by atomic mass is 32.1. The number of hydrogen-bond acceptors (Lipinski definition) is 6. The fourth-order valence-corrected chi connectivity index (χ4v) is 3.36. The van der Waals surface area contributed by atoms with E-state index >= 15 is 0 Å². The summed E-state index contributed by atoms with van der Waals surface area (Å²) in [4.78, 5) is 25.5. The number of rotatable bonds is 7. The number of thiophene rings is 1. The molecule has 124 valence electrons. The van der Waals surface area contributed by atoms with Crippen LogP contribution in [0.1, 0.15) is 46.1 Å². The molecule has 0 aliphatic carbocycles. The monoisotopic (exact) mass is 336 g/mol. The van der Waals surface area contributed by atoms with Gasteiger partial charge in [-0.2, -0.15) is 0 Å². The molecule has 7 heteroatoms. The molecular formula is C16H20N2O4S. The van der Waals surface area contributed by atoms with E-state index in [-0.39, 0.29) is 6.61 Å². The van der Waals surface area contributed by atoms with Crippen LogP contribution in [0, 0.1) is 6.92 Å². The van der Waals surface area contributed by atoms with Crippen molar-refractivity contribution in [3.05, 3.63) is 33.2 Å². The van der Waals surface area contributed by atoms with Crippen LogP contribution in [-0.2, 0) is 22.4 Å². The topological polar surface area (TPSA) is 81.4 Å². The quantitative estimate of drug-likeness (QED) is 0.784. The second-order valence-corrected chi connectivity index (χ2v) is 6.25. The van der Waals surface area contributed by atoms with Crippen molar-refractivity contribution in [1.29, 1.82) is 0 Å². The third-order valence-electron chi connectivity index (χ3n) is 3.19. The zero-order chi connectivity index (χ0) is 16.8. The molecule has 0 unspecified atom stereocenters. The molecule has 23 heavy (non-hydrogen) atoms. The number of aromatic nitrogens is 1. The van der Waals surface area contributed by atoms with E-state index in [0.29, 0.717) is 16.5 Å². The van der Waals surface area contributed by atoms with E-state index in [1.54, 1.807) is 13.0 Å². The minimum atomic E-state index is -0.474. The van der Waals surface area contributed by atoms with Gasteiger partial charge < -0.3 is 14.6 Å². The number of nitrogens with one attached hydrogen (secondary N) is 1. The normalized spacial score (nSPS) is 10.6. The van der Waals surface area contributed by atoms with Gasteiger partial charge in [-0.25, -0.2) is 4.79 Å². The molecule has 6 nitrogen and oxygen atoms in total. The Morgan fingerprint density at radius 1 is 1.35 bits per heavy atom. The summed E-state index contributed by atoms with van der Waals surface area (Å²) in [5, 5.41) is 6.14. The Balaban J connectivity index is 1.90. The number of amides is 1. The van der Waals surface area contributed by atoms with E-state index < -0.39 is 11.9 Å². The van der Waals surface area contributed by atoms with Crippen molar-refractivity contribution in [1.82, 2.24) is 5.16 Å². The lowest BCUT2D eigenvalue weighted by atomic mass is 10.1. The Morgan fingerprint density at radius 3 is 2.74 bits per heavy atom. The number of carbonyl (C=O) groups is 2. The summed E-state index contributed by atoms with van der Waals surface area (Å²) < 4.78 is 9.90. The third kappa shape index (κ3) is 4.66. The Kier molecular flexibility index (Phi) is 5.92. The van der Waals surface area contributed by atoms with E-state index in [9.17, 15) is 9.59 Å². The minimum absolute atomic E-state index is 0.304. The summed E-state index contributed by atoms with van der Waals surface area (Å²) in [7, 11) is 0. The Hall–Kier alpha value is -2.15. The number of aryl methyl sites for hydroxylation is 3. The average Bonchev–Trinajstić information content (AvgIpc) is 3.11. The lowest BCUT2D eigenvalue weighted by Crippen LogP contribution is -2.20. The second kappa shape index (κ2) is 7.92. The smallest absolute Gasteiger partial charge is 0.348 e. The third-order valence-corrected chi connectivity index (χ3v) is 4.40. The molecule has 2 aromatic rings. The van der Waals surface area contributed by atoms with E-state index in [1.165, 1.54) is 21.8 Å². The first-order valence-electron chi connectivity index (χ1n) is 7.55. The van der Waals surface area contributed by atoms with E-state index in [4.69, 9.17) is 9.26 Å². The van der Waals surface area contributed by atoms with Crippen LogP contribution in [0.2, 0.25) is 0 Å². The van der Waals surface area contributed by atoms with E-state index in [1.807, 2.05) is 6.07 Å². The molecule has 0 bridgehead atoms. The Morgan fingerprint density at radius 2 is 2.13 bits per heavy atom. The summed E-state index contributed by atoms with van der Waals surface area (Å²) in [5.74, 6) is -0.0316. The average molecular weight is 336 g/mol. The zero-order valence-corrected chi connectivity index (χ0v) is 14.3. The van der Waals surface area contributed by atoms with Crippen LogP contribution in [0.25, 0.3) is 0 Å². The van der Waals surface area contributed by atoms with Gasteiger partial charge in [0, 0.05) is 10.9 Å². The minimum Gasteiger partial charge on any atom is -0.451 e. The zero-order valence-electron chi connectivity index (χ0n) is 13.5. The van der Waals surface area contributed by atoms with Crippen LogP contribution in [0.15, 0.2) is 16.7 Å². The van der Waals surface area contributed by atoms with Gasteiger partial charge >= 0.3 is 5.97 Å². The number of ether oxygens (including phenoxy) is 1. The summed E-state index contributed by atoms with van der Waals surface area (Å²) in [6, 6.07) is 3.44. The first kappa shape index (κ1) is 17.2. The molecule has 0 fully saturated rings. The number of nitrogens with zero attached hydrogens (tertiary/aromatic N) is 1. The molecule has 1 amide bonds. The standard InChI is InChI=1S/C16H20N2O4S/c1-4-6-12-11(5-2)8-13(23-12)16(20)21-9-15(19)17-14-7-10(3)22-18-14/h7-8H,4-6,9H2,1-3H3,(H,17,18,19). The van der Waals surface area contributed by atoms with Gasteiger partial charge in [0.25, 0.3) is 5.91 Å². The molecular weight excluding hydrogens is 316 g/mol. The van der Waals surface area contributed by atoms with Gasteiger partial charge in [0.05, 0.1) is 0 Å². The molecule has 2 heterocycles. The number of esters is 1. The van der Waals surface area contributed by atoms with Crippen LogP contribution >= 0.6 is 11.3 Å². The summed E-state index contributed by atoms with van der Waals surface area (Å²) in [6.07, 6.45) is 2.86. The first-order chi connectivity index (χ1) is 11.0. The molecule has 2 rings (SSSR count). The second-order valence-electron chi connectivity index (χ2n) is 5.11. The van der Waals surface area contributed by atoms with Gasteiger partial charge in [0.2, 0.25) is 0 Å². The Labute approximate surface area is 138 Å². The molecule has 0 saturated heterocycles. The van der Waals surface area contributed by atoms with Crippen molar-refractivity contribution >= 4 is 29.0 Å². The summed E-state index contributed by atoms with van der Waals surface area (Å²) in [5.41, 5.74) is 1.17. The number of carbonyl (C=O) groups excluding carboxylic acids is 2. The SMILES string of the molecule is CCCc1sc(C(=O)OCC(=O)Nc2cc(C)on2)cc1CC. The van der Waals surface area contributed by atoms with Crippen molar-refractivity contribution in [3.63, 3.8) is 0 Å². The van der Waals surface area contributed by atoms with Crippen molar-refractivity contribution < 1.29 is 18.8 Å². The van der Waals surface area contributed by atoms with Crippen LogP contribution < -0.4 is 5.32 Å². The van der Waals surface area contributed by atoms with Crippen LogP contribution in [0.3, 0.4) is 0 Å². The summed E-state index contributed by atoms with van der Waals surface area (Å²) in [6.45, 7) is 5.53. The van der Waals surface area contributed by atoms with Crippen LogP contribution in [-0.4, -0.2) is 23.6 Å². The summed E-state index contributed by atoms with van der Waals surface area (Å²) >= 11 is 1.44. The molecule has 0 aliphatic heterocycles. The molecule has 0 atom stereocenters. The van der Waals surface area contributed by atoms with Gasteiger partial charge in [0.1, 0.15) is 10.6 Å². The van der Waals surface area contributed by atoms with Crippen molar-refractivity contribution in [3.8, 4) is 0 Å². The van der Waals surface area contributed by atoms with Crippen molar-refractivity contribution in [2.75, 3.05) is 11.9 Å². The maximum Gasteiger partial charge on any atom is 0.348 e. The highest BCUT2D eigenvalue weighted by molar-refractivity contribution is 7.14. The van der Waals surface area contributed by atoms with Crippen molar-refractivity contribution in [2.24, 2.45) is 0 Å². The molecule has 0 radical (unpaired) electrons. The predicted molar refractivity (Wildman–Crippen MR) is 87.8 cm³/mol. The highest BCUT2D eigenvalue weighted by Crippen LogP contribution is 2.25. The highest BCUT2D eigenvalue weighted by Gasteiger charge is 2.16. The largest absolute Gasteiger partial charge is 0.451 e. The number of anilines is 1. The molecule has 0 aliphatic rings. The van der Waals surface area contributed by atoms with E-state index in [2.05, 4.69) is 24.3 Å². The molecule has 2 aromatic heterocycles. The lowest BCUT2D eigenvalue weighted by molar-refractivity contribution is -0.119. The van der Waals surface area contributed by atoms with Gasteiger partial charge in [-0.1, -0.05) is 25.4 Å². The van der Waals surface area contributed by atoms with Gasteiger partial charge in [-0.05, 0) is 31.4 Å². The van der Waals surface area contributed by atoms with Crippen LogP contribution in [0.4, 0.5) is 5.82 Å². The maximum atomic E-state index is 12.1. The Bertz CT molecular complexity index is 690. The van der Waals surface area contributed by atoms with Crippen molar-refractivity contribution in [2.45, 2.75) is 40.0 Å². The molecule has 1 N–H and O–H groups in total. The fourth-order valence-electron chi connectivity index (χ4n) is 2.11. The molecule has 0 spiro atoms. The predicted octanol–water partition coefficient (Wildman–Crippen LogP) is 3.35. The van der Waals surface area contributed by atoms with E-state index in [0.717, 1.165) is 19.3 Å². The van der Waals surface area contributed by atoms with Gasteiger partial charge in [0.15, 0.2) is 12.4 Å². The van der Waals surface area contributed by atoms with Crippen LogP contribution in [0.5, 0.6) is 0 Å². The van der Waals surface area contributed by atoms with Gasteiger partial charge in [-0.15, -0.1) is 11.3 Å². The lowest BCUT2D eigenvalue weighted by Gasteiger charge is -2.02.